The highest BCUT2D eigenvalue weighted by Crippen LogP contribution is 2.32. The molecule has 1 aromatic rings. The molecular formula is C12H11BrClNO3S. The van der Waals surface area contributed by atoms with Crippen LogP contribution in [-0.2, 0) is 4.79 Å². The van der Waals surface area contributed by atoms with Crippen LogP contribution in [0, 0.1) is 0 Å². The van der Waals surface area contributed by atoms with Crippen LogP contribution in [0.2, 0.25) is 5.02 Å². The third-order valence-electron chi connectivity index (χ3n) is 2.90. The number of carbonyl (C=O) groups excluding carboxylic acids is 1. The number of amides is 1. The van der Waals surface area contributed by atoms with Crippen molar-refractivity contribution in [2.75, 3.05) is 5.75 Å². The van der Waals surface area contributed by atoms with Crippen molar-refractivity contribution < 1.29 is 14.7 Å². The summed E-state index contributed by atoms with van der Waals surface area (Å²) in [5, 5.41) is 9.30. The molecular weight excluding hydrogens is 354 g/mol. The van der Waals surface area contributed by atoms with Gasteiger partial charge >= 0.3 is 5.97 Å². The van der Waals surface area contributed by atoms with Crippen molar-refractivity contribution in [3.63, 3.8) is 0 Å². The van der Waals surface area contributed by atoms with Gasteiger partial charge in [0.05, 0.1) is 16.0 Å². The number of carbonyl (C=O) groups is 2. The van der Waals surface area contributed by atoms with Crippen LogP contribution < -0.4 is 0 Å². The first-order valence-electron chi connectivity index (χ1n) is 5.54. The summed E-state index contributed by atoms with van der Waals surface area (Å²) >= 11 is 10.8. The zero-order chi connectivity index (χ0) is 14.2. The Kier molecular flexibility index (Phi) is 4.43. The molecule has 2 rings (SSSR count). The van der Waals surface area contributed by atoms with E-state index in [1.807, 2.05) is 6.92 Å². The van der Waals surface area contributed by atoms with Crippen molar-refractivity contribution in [3.05, 3.63) is 33.3 Å². The second-order valence-electron chi connectivity index (χ2n) is 4.12. The van der Waals surface area contributed by atoms with Gasteiger partial charge in [-0.1, -0.05) is 27.5 Å². The number of carboxylic acids is 1. The van der Waals surface area contributed by atoms with Crippen LogP contribution in [0.15, 0.2) is 22.7 Å². The monoisotopic (exact) mass is 363 g/mol. The van der Waals surface area contributed by atoms with Gasteiger partial charge in [0.1, 0.15) is 6.04 Å². The number of hydrogen-bond donors (Lipinski definition) is 1. The molecule has 1 heterocycles. The van der Waals surface area contributed by atoms with Gasteiger partial charge in [0.15, 0.2) is 0 Å². The first-order chi connectivity index (χ1) is 8.91. The predicted molar refractivity (Wildman–Crippen MR) is 78.7 cm³/mol. The van der Waals surface area contributed by atoms with Gasteiger partial charge in [-0.3, -0.25) is 4.79 Å². The van der Waals surface area contributed by atoms with E-state index in [1.165, 1.54) is 16.7 Å². The second-order valence-corrected chi connectivity index (χ2v) is 6.80. The summed E-state index contributed by atoms with van der Waals surface area (Å²) in [5.41, 5.74) is 0.325. The van der Waals surface area contributed by atoms with Crippen LogP contribution >= 0.6 is 39.3 Å². The number of thioether (sulfide) groups is 1. The maximum atomic E-state index is 12.5. The van der Waals surface area contributed by atoms with E-state index >= 15 is 0 Å². The molecule has 0 aromatic heterocycles. The van der Waals surface area contributed by atoms with Crippen LogP contribution in [0.4, 0.5) is 0 Å². The van der Waals surface area contributed by atoms with E-state index in [1.54, 1.807) is 18.2 Å². The fourth-order valence-corrected chi connectivity index (χ4v) is 3.86. The van der Waals surface area contributed by atoms with Crippen molar-refractivity contribution >= 4 is 51.2 Å². The van der Waals surface area contributed by atoms with Crippen molar-refractivity contribution in [1.29, 1.82) is 0 Å². The number of rotatable bonds is 2. The number of halogens is 2. The SMILES string of the molecule is CC1SCC(C(=O)O)N1C(=O)c1ccc(Br)cc1Cl. The molecule has 0 spiro atoms. The maximum absolute atomic E-state index is 12.5. The molecule has 1 aliphatic heterocycles. The minimum atomic E-state index is -0.988. The minimum Gasteiger partial charge on any atom is -0.480 e. The number of carboxylic acid groups (broad SMARTS) is 1. The Morgan fingerprint density at radius 1 is 1.53 bits per heavy atom. The normalized spacial score (nSPS) is 22.6. The van der Waals surface area contributed by atoms with Gasteiger partial charge < -0.3 is 10.0 Å². The molecule has 1 saturated heterocycles. The third-order valence-corrected chi connectivity index (χ3v) is 4.93. The van der Waals surface area contributed by atoms with Crippen molar-refractivity contribution in [3.8, 4) is 0 Å². The van der Waals surface area contributed by atoms with E-state index in [4.69, 9.17) is 16.7 Å². The Balaban J connectivity index is 2.34. The molecule has 1 fully saturated rings. The Labute approximate surface area is 128 Å². The number of aliphatic carboxylic acids is 1. The molecule has 0 aliphatic carbocycles. The highest BCUT2D eigenvalue weighted by atomic mass is 79.9. The summed E-state index contributed by atoms with van der Waals surface area (Å²) in [6.07, 6.45) is 0. The van der Waals surface area contributed by atoms with E-state index in [-0.39, 0.29) is 11.3 Å². The Bertz CT molecular complexity index is 540. The van der Waals surface area contributed by atoms with E-state index in [9.17, 15) is 9.59 Å². The average molecular weight is 365 g/mol. The summed E-state index contributed by atoms with van der Waals surface area (Å²) in [5.74, 6) is -0.933. The summed E-state index contributed by atoms with van der Waals surface area (Å²) in [7, 11) is 0. The summed E-state index contributed by atoms with van der Waals surface area (Å²) in [6.45, 7) is 1.82. The lowest BCUT2D eigenvalue weighted by Gasteiger charge is -2.25. The Hall–Kier alpha value is -0.720. The number of hydrogen-bond acceptors (Lipinski definition) is 3. The molecule has 19 heavy (non-hydrogen) atoms. The van der Waals surface area contributed by atoms with Crippen LogP contribution in [0.25, 0.3) is 0 Å². The van der Waals surface area contributed by atoms with Crippen LogP contribution in [0.1, 0.15) is 17.3 Å². The van der Waals surface area contributed by atoms with Gasteiger partial charge in [0.2, 0.25) is 0 Å². The molecule has 1 aliphatic rings. The smallest absolute Gasteiger partial charge is 0.327 e. The summed E-state index contributed by atoms with van der Waals surface area (Å²) in [4.78, 5) is 25.0. The number of nitrogens with zero attached hydrogens (tertiary/aromatic N) is 1. The highest BCUT2D eigenvalue weighted by molar-refractivity contribution is 9.10. The zero-order valence-corrected chi connectivity index (χ0v) is 13.1. The van der Waals surface area contributed by atoms with Gasteiger partial charge in [0.25, 0.3) is 5.91 Å². The third kappa shape index (κ3) is 2.90. The second kappa shape index (κ2) is 5.73. The lowest BCUT2D eigenvalue weighted by molar-refractivity contribution is -0.141. The largest absolute Gasteiger partial charge is 0.480 e. The quantitative estimate of drug-likeness (QED) is 0.876. The molecule has 1 aromatic carbocycles. The Morgan fingerprint density at radius 3 is 2.79 bits per heavy atom. The minimum absolute atomic E-state index is 0.173. The molecule has 0 radical (unpaired) electrons. The van der Waals surface area contributed by atoms with E-state index in [0.717, 1.165) is 4.47 Å². The fourth-order valence-electron chi connectivity index (χ4n) is 1.94. The molecule has 2 atom stereocenters. The highest BCUT2D eigenvalue weighted by Gasteiger charge is 2.40. The summed E-state index contributed by atoms with van der Waals surface area (Å²) in [6, 6.07) is 4.14. The van der Waals surface area contributed by atoms with Crippen LogP contribution in [0.5, 0.6) is 0 Å². The van der Waals surface area contributed by atoms with Crippen molar-refractivity contribution in [2.45, 2.75) is 18.3 Å². The Morgan fingerprint density at radius 2 is 2.21 bits per heavy atom. The molecule has 4 nitrogen and oxygen atoms in total. The van der Waals surface area contributed by atoms with Gasteiger partial charge in [-0.05, 0) is 25.1 Å². The zero-order valence-electron chi connectivity index (χ0n) is 9.97. The van der Waals surface area contributed by atoms with Crippen molar-refractivity contribution in [2.24, 2.45) is 0 Å². The molecule has 1 N–H and O–H groups in total. The lowest BCUT2D eigenvalue weighted by Crippen LogP contribution is -2.44. The molecule has 0 bridgehead atoms. The molecule has 2 unspecified atom stereocenters. The predicted octanol–water partition coefficient (Wildman–Crippen LogP) is 3.09. The molecule has 102 valence electrons. The van der Waals surface area contributed by atoms with Gasteiger partial charge in [-0.2, -0.15) is 0 Å². The van der Waals surface area contributed by atoms with E-state index < -0.39 is 12.0 Å². The van der Waals surface area contributed by atoms with Crippen LogP contribution in [-0.4, -0.2) is 39.1 Å². The molecule has 0 saturated carbocycles. The standard InChI is InChI=1S/C12H11BrClNO3S/c1-6-15(10(5-19-6)12(17)18)11(16)8-3-2-7(13)4-9(8)14/h2-4,6,10H,5H2,1H3,(H,17,18). The van der Waals surface area contributed by atoms with Gasteiger partial charge in [-0.15, -0.1) is 11.8 Å². The average Bonchev–Trinajstić information content (AvgIpc) is 2.70. The van der Waals surface area contributed by atoms with E-state index in [0.29, 0.717) is 16.3 Å². The van der Waals surface area contributed by atoms with Gasteiger partial charge in [0, 0.05) is 10.2 Å². The van der Waals surface area contributed by atoms with E-state index in [2.05, 4.69) is 15.9 Å². The maximum Gasteiger partial charge on any atom is 0.327 e. The molecule has 7 heteroatoms. The first-order valence-corrected chi connectivity index (χ1v) is 7.76. The molecule has 1 amide bonds. The van der Waals surface area contributed by atoms with Crippen LogP contribution in [0.3, 0.4) is 0 Å². The van der Waals surface area contributed by atoms with Gasteiger partial charge in [-0.25, -0.2) is 4.79 Å². The lowest BCUT2D eigenvalue weighted by atomic mass is 10.1. The first kappa shape index (κ1) is 14.7. The van der Waals surface area contributed by atoms with Crippen molar-refractivity contribution in [1.82, 2.24) is 4.90 Å². The summed E-state index contributed by atoms with van der Waals surface area (Å²) < 4.78 is 0.771. The fraction of sp³-hybridized carbons (Fsp3) is 0.333. The topological polar surface area (TPSA) is 57.6 Å². The number of benzene rings is 1.